The average molecular weight is 1500 g/mol. The number of alkyl halides is 4. The minimum atomic E-state index is -0.998. The van der Waals surface area contributed by atoms with Crippen LogP contribution in [0.5, 0.6) is 23.0 Å². The molecule has 0 saturated carbocycles. The zero-order valence-electron chi connectivity index (χ0n) is 59.1. The minimum Gasteiger partial charge on any atom is -0.508 e. The molecular weight excluding hydrogens is 1420 g/mol. The molecule has 0 aliphatic heterocycles. The second-order valence-corrected chi connectivity index (χ2v) is 25.2. The van der Waals surface area contributed by atoms with Crippen molar-refractivity contribution in [3.05, 3.63) is 406 Å². The zero-order chi connectivity index (χ0) is 75.8. The Bertz CT molecular complexity index is 4740. The number of methoxy groups -OCH3 is 1. The third-order valence-corrected chi connectivity index (χ3v) is 17.2. The van der Waals surface area contributed by atoms with Crippen LogP contribution in [0.2, 0.25) is 0 Å². The maximum Gasteiger partial charge on any atom is 0.343 e. The van der Waals surface area contributed by atoms with Crippen molar-refractivity contribution in [2.24, 2.45) is 0 Å². The first-order valence-corrected chi connectivity index (χ1v) is 36.7. The van der Waals surface area contributed by atoms with Gasteiger partial charge in [-0.3, -0.25) is 9.59 Å². The monoisotopic (exact) mass is 1500 g/mol. The van der Waals surface area contributed by atoms with Gasteiger partial charge >= 0.3 is 11.9 Å². The van der Waals surface area contributed by atoms with Crippen molar-refractivity contribution in [2.75, 3.05) is 43.8 Å². The van der Waals surface area contributed by atoms with Crippen molar-refractivity contribution < 1.29 is 48.7 Å². The van der Waals surface area contributed by atoms with E-state index in [0.717, 1.165) is 86.1 Å². The summed E-state index contributed by atoms with van der Waals surface area (Å²) in [5, 5.41) is 27.5. The van der Waals surface area contributed by atoms with Crippen LogP contribution in [0.4, 0.5) is 0 Å². The number of halogens is 4. The van der Waals surface area contributed by atoms with Gasteiger partial charge in [0.15, 0.2) is 24.8 Å². The van der Waals surface area contributed by atoms with E-state index in [1.165, 1.54) is 41.5 Å². The molecule has 107 heavy (non-hydrogen) atoms. The van der Waals surface area contributed by atoms with E-state index in [-0.39, 0.29) is 36.3 Å². The standard InChI is InChI=1S/C25H23ClO3.C24H21ClO3.C22H19ClO.C13H10O2.C9H9ClO/c1-28-24(27)18-29-22-14-12-21(13-15-22)25(20-10-6-3-7-11-20)23(16-17-26)19-8-4-2-5-9-19;25-16-15-22(18-7-3-1-4-8-18)24(19-9-5-2-6-10-19)20-11-13-21(14-12-20)28-17-23(26)27;23-16-15-21(17-7-3-1-4-8-17)22(18-9-5-2-6-10-18)19-11-13-20(24)14-12-19;14-12-8-6-11(7-9-12)13(15)10-4-2-1-3-5-10;10-7-6-9(11)8-4-2-1-3-5-8/h2-15H,16-18H2,1H3;1-14H,15-17H2,(H,26,27);1-14,24H,15-16H2;1-9,14H;1-5H,6-7H2/b25-23-;24-22-;22-21-;;. The van der Waals surface area contributed by atoms with Crippen molar-refractivity contribution in [1.82, 2.24) is 0 Å². The number of carbonyl (C=O) groups is 4. The second-order valence-electron chi connectivity index (χ2n) is 23.7. The number of esters is 1. The molecule has 12 aromatic carbocycles. The molecule has 542 valence electrons. The number of hydrogen-bond donors (Lipinski definition) is 3. The van der Waals surface area contributed by atoms with Gasteiger partial charge in [0.2, 0.25) is 0 Å². The van der Waals surface area contributed by atoms with Crippen molar-refractivity contribution >= 4 is 103 Å². The maximum atomic E-state index is 11.9. The molecule has 10 nitrogen and oxygen atoms in total. The van der Waals surface area contributed by atoms with Crippen molar-refractivity contribution in [1.29, 1.82) is 0 Å². The highest BCUT2D eigenvalue weighted by molar-refractivity contribution is 6.20. The van der Waals surface area contributed by atoms with Gasteiger partial charge < -0.3 is 29.5 Å². The molecule has 0 radical (unpaired) electrons. The molecule has 0 saturated heterocycles. The van der Waals surface area contributed by atoms with Gasteiger partial charge in [0, 0.05) is 46.6 Å². The van der Waals surface area contributed by atoms with Gasteiger partial charge in [-0.1, -0.05) is 279 Å². The smallest absolute Gasteiger partial charge is 0.343 e. The van der Waals surface area contributed by atoms with E-state index >= 15 is 0 Å². The molecule has 12 aromatic rings. The summed E-state index contributed by atoms with van der Waals surface area (Å²) in [6.07, 6.45) is 2.67. The molecule has 12 rings (SSSR count). The molecule has 0 heterocycles. The fourth-order valence-electron chi connectivity index (χ4n) is 11.4. The van der Waals surface area contributed by atoms with E-state index in [2.05, 4.69) is 77.5 Å². The molecular formula is C93H82Cl4O10. The quantitative estimate of drug-likeness (QED) is 0.0206. The summed E-state index contributed by atoms with van der Waals surface area (Å²) in [7, 11) is 1.34. The SMILES string of the molecule is COC(=O)COc1ccc(/C(=C(/CCCl)c2ccccc2)c2ccccc2)cc1.O=C(CCCl)c1ccccc1.O=C(O)COc1ccc(/C(=C(/CCCl)c2ccccc2)c2ccccc2)cc1.O=C(c1ccccc1)c1ccc(O)cc1.Oc1ccc(/C(=C(/CCCl)c2ccccc2)c2ccccc2)cc1. The summed E-state index contributed by atoms with van der Waals surface area (Å²) in [5.74, 6) is 2.24. The van der Waals surface area contributed by atoms with Crippen LogP contribution in [0.3, 0.4) is 0 Å². The van der Waals surface area contributed by atoms with Crippen LogP contribution in [-0.2, 0) is 14.3 Å². The number of Topliss-reactive ketones (excluding diaryl/α,β-unsaturated/α-hetero) is 1. The summed E-state index contributed by atoms with van der Waals surface area (Å²) >= 11 is 23.9. The van der Waals surface area contributed by atoms with Gasteiger partial charge in [0.25, 0.3) is 0 Å². The van der Waals surface area contributed by atoms with E-state index in [0.29, 0.717) is 52.6 Å². The van der Waals surface area contributed by atoms with E-state index in [1.807, 2.05) is 194 Å². The first kappa shape index (κ1) is 81.2. The average Bonchev–Trinajstić information content (AvgIpc) is 0.815. The van der Waals surface area contributed by atoms with E-state index < -0.39 is 11.9 Å². The maximum absolute atomic E-state index is 11.9. The molecule has 0 unspecified atom stereocenters. The number of aromatic hydroxyl groups is 2. The van der Waals surface area contributed by atoms with Crippen molar-refractivity contribution in [2.45, 2.75) is 25.7 Å². The number of carbonyl (C=O) groups excluding carboxylic acids is 3. The zero-order valence-corrected chi connectivity index (χ0v) is 62.1. The molecule has 0 atom stereocenters. The number of ketones is 2. The molecule has 0 aliphatic carbocycles. The number of aliphatic carboxylic acids is 1. The Morgan fingerprint density at radius 1 is 0.280 bits per heavy atom. The lowest BCUT2D eigenvalue weighted by Crippen LogP contribution is -2.12. The summed E-state index contributed by atoms with van der Waals surface area (Å²) in [4.78, 5) is 45.0. The Balaban J connectivity index is 0.000000175. The Kier molecular flexibility index (Phi) is 34.1. The molecule has 3 N–H and O–H groups in total. The molecule has 0 aliphatic rings. The van der Waals surface area contributed by atoms with Gasteiger partial charge in [-0.15, -0.1) is 46.4 Å². The Morgan fingerprint density at radius 3 is 0.794 bits per heavy atom. The van der Waals surface area contributed by atoms with Crippen LogP contribution in [0.25, 0.3) is 33.4 Å². The first-order chi connectivity index (χ1) is 52.3. The molecule has 14 heteroatoms. The fourth-order valence-corrected chi connectivity index (χ4v) is 12.2. The Morgan fingerprint density at radius 2 is 0.514 bits per heavy atom. The molecule has 0 aromatic heterocycles. The number of hydrogen-bond acceptors (Lipinski definition) is 9. The van der Waals surface area contributed by atoms with E-state index in [4.69, 9.17) is 66.1 Å². The lowest BCUT2D eigenvalue weighted by Gasteiger charge is -2.17. The third-order valence-electron chi connectivity index (χ3n) is 16.5. The summed E-state index contributed by atoms with van der Waals surface area (Å²) < 4.78 is 15.4. The van der Waals surface area contributed by atoms with Crippen LogP contribution >= 0.6 is 46.4 Å². The summed E-state index contributed by atoms with van der Waals surface area (Å²) in [6, 6.07) is 109. The summed E-state index contributed by atoms with van der Waals surface area (Å²) in [5.41, 5.74) is 18.9. The first-order valence-electron chi connectivity index (χ1n) is 34.6. The highest BCUT2D eigenvalue weighted by Crippen LogP contribution is 2.39. The van der Waals surface area contributed by atoms with Crippen molar-refractivity contribution in [3.8, 4) is 23.0 Å². The number of phenolic OH excluding ortho intramolecular Hbond substituents is 2. The predicted octanol–water partition coefficient (Wildman–Crippen LogP) is 22.7. The topological polar surface area (TPSA) is 157 Å². The van der Waals surface area contributed by atoms with Crippen LogP contribution in [0.15, 0.2) is 340 Å². The Labute approximate surface area is 646 Å². The van der Waals surface area contributed by atoms with Gasteiger partial charge in [0.05, 0.1) is 7.11 Å². The number of carboxylic acids is 1. The normalized spacial score (nSPS) is 11.2. The number of carboxylic acid groups (broad SMARTS) is 1. The van der Waals surface area contributed by atoms with Gasteiger partial charge in [0.1, 0.15) is 23.0 Å². The van der Waals surface area contributed by atoms with Crippen LogP contribution in [0.1, 0.15) is 102 Å². The number of benzene rings is 12. The largest absolute Gasteiger partial charge is 0.508 e. The lowest BCUT2D eigenvalue weighted by molar-refractivity contribution is -0.143. The highest BCUT2D eigenvalue weighted by Gasteiger charge is 2.18. The van der Waals surface area contributed by atoms with Crippen LogP contribution < -0.4 is 9.47 Å². The van der Waals surface area contributed by atoms with Crippen LogP contribution in [0, 0.1) is 0 Å². The predicted molar refractivity (Wildman–Crippen MR) is 438 cm³/mol. The van der Waals surface area contributed by atoms with E-state index in [9.17, 15) is 24.3 Å². The second kappa shape index (κ2) is 45.0. The number of allylic oxidation sites excluding steroid dienone is 3. The number of phenols is 2. The number of rotatable bonds is 26. The van der Waals surface area contributed by atoms with Crippen molar-refractivity contribution in [3.63, 3.8) is 0 Å². The van der Waals surface area contributed by atoms with E-state index in [1.54, 1.807) is 60.7 Å². The van der Waals surface area contributed by atoms with Gasteiger partial charge in [-0.05, 0) is 163 Å². The number of ether oxygens (including phenoxy) is 3. The Hall–Kier alpha value is -11.5. The molecule has 0 bridgehead atoms. The molecule has 0 spiro atoms. The minimum absolute atomic E-state index is 0.0319. The van der Waals surface area contributed by atoms with Gasteiger partial charge in [-0.25, -0.2) is 9.59 Å². The summed E-state index contributed by atoms with van der Waals surface area (Å²) in [6.45, 7) is -0.471. The fraction of sp³-hybridized carbons (Fsp3) is 0.118. The molecule has 0 fully saturated rings. The highest BCUT2D eigenvalue weighted by atomic mass is 35.5. The van der Waals surface area contributed by atoms with Crippen LogP contribution in [-0.4, -0.2) is 82.7 Å². The third kappa shape index (κ3) is 26.0. The lowest BCUT2D eigenvalue weighted by atomic mass is 9.88. The molecule has 0 amide bonds. The van der Waals surface area contributed by atoms with Gasteiger partial charge in [-0.2, -0.15) is 0 Å².